The van der Waals surface area contributed by atoms with Crippen molar-refractivity contribution in [1.82, 2.24) is 5.32 Å². The summed E-state index contributed by atoms with van der Waals surface area (Å²) in [4.78, 5) is 23.5. The molecule has 1 atom stereocenters. The molecule has 0 radical (unpaired) electrons. The molecule has 106 valence electrons. The van der Waals surface area contributed by atoms with Crippen molar-refractivity contribution in [2.75, 3.05) is 6.61 Å². The van der Waals surface area contributed by atoms with E-state index in [0.29, 0.717) is 0 Å². The zero-order valence-corrected chi connectivity index (χ0v) is 11.0. The lowest BCUT2D eigenvalue weighted by molar-refractivity contribution is -0.173. The first-order valence-electron chi connectivity index (χ1n) is 5.94. The number of hydrogen-bond donors (Lipinski definition) is 1. The molecule has 0 aromatic heterocycles. The fourth-order valence-electron chi connectivity index (χ4n) is 2.07. The van der Waals surface area contributed by atoms with E-state index in [2.05, 4.69) is 11.9 Å². The maximum atomic E-state index is 14.3. The highest BCUT2D eigenvalue weighted by Crippen LogP contribution is 2.39. The Kier molecular flexibility index (Phi) is 4.44. The van der Waals surface area contributed by atoms with Gasteiger partial charge in [0.1, 0.15) is 0 Å². The number of ketones is 1. The van der Waals surface area contributed by atoms with E-state index in [1.807, 2.05) is 0 Å². The van der Waals surface area contributed by atoms with Gasteiger partial charge in [-0.3, -0.25) is 4.79 Å². The van der Waals surface area contributed by atoms with Gasteiger partial charge in [-0.25, -0.2) is 13.6 Å². The van der Waals surface area contributed by atoms with Gasteiger partial charge in [0.2, 0.25) is 5.54 Å². The predicted molar refractivity (Wildman–Crippen MR) is 65.6 cm³/mol. The summed E-state index contributed by atoms with van der Waals surface area (Å²) in [6.45, 7) is 6.19. The third-order valence-corrected chi connectivity index (χ3v) is 2.88. The number of halogens is 2. The molecule has 1 N–H and O–H groups in total. The van der Waals surface area contributed by atoms with Crippen molar-refractivity contribution < 1.29 is 23.1 Å². The molecule has 0 spiro atoms. The van der Waals surface area contributed by atoms with Crippen LogP contribution in [-0.2, 0) is 14.3 Å². The van der Waals surface area contributed by atoms with E-state index in [1.54, 1.807) is 0 Å². The number of rotatable bonds is 5. The molecular weight excluding hydrogens is 256 g/mol. The van der Waals surface area contributed by atoms with Crippen LogP contribution in [0.25, 0.3) is 0 Å². The second-order valence-corrected chi connectivity index (χ2v) is 4.42. The summed E-state index contributed by atoms with van der Waals surface area (Å²) in [5.41, 5.74) is -2.14. The average molecular weight is 273 g/mol. The maximum absolute atomic E-state index is 14.3. The Morgan fingerprint density at radius 1 is 1.68 bits per heavy atom. The minimum Gasteiger partial charge on any atom is -0.464 e. The number of alkyl halides is 2. The summed E-state index contributed by atoms with van der Waals surface area (Å²) in [6.07, 6.45) is 0.853. The van der Waals surface area contributed by atoms with Gasteiger partial charge in [-0.2, -0.15) is 0 Å². The van der Waals surface area contributed by atoms with Gasteiger partial charge in [0.25, 0.3) is 5.92 Å². The van der Waals surface area contributed by atoms with Crippen LogP contribution in [0.15, 0.2) is 24.4 Å². The number of carbonyl (C=O) groups is 2. The van der Waals surface area contributed by atoms with Crippen molar-refractivity contribution in [1.29, 1.82) is 0 Å². The van der Waals surface area contributed by atoms with E-state index in [9.17, 15) is 18.4 Å². The summed E-state index contributed by atoms with van der Waals surface area (Å²) >= 11 is 0. The SMILES string of the molecule is C=CCC(F)(F)C1(C(=O)OCC)CC(=O)C=C(C)N1. The Morgan fingerprint density at radius 2 is 2.32 bits per heavy atom. The fourth-order valence-corrected chi connectivity index (χ4v) is 2.07. The molecule has 0 aromatic rings. The topological polar surface area (TPSA) is 55.4 Å². The minimum absolute atomic E-state index is 0.0383. The van der Waals surface area contributed by atoms with Crippen LogP contribution in [0.1, 0.15) is 26.7 Å². The average Bonchev–Trinajstić information content (AvgIpc) is 2.27. The second-order valence-electron chi connectivity index (χ2n) is 4.42. The first-order chi connectivity index (χ1) is 8.79. The summed E-state index contributed by atoms with van der Waals surface area (Å²) in [5.74, 6) is -5.12. The zero-order valence-electron chi connectivity index (χ0n) is 11.0. The van der Waals surface area contributed by atoms with Crippen LogP contribution < -0.4 is 5.32 Å². The molecule has 1 heterocycles. The maximum Gasteiger partial charge on any atom is 0.338 e. The monoisotopic (exact) mass is 273 g/mol. The number of esters is 1. The lowest BCUT2D eigenvalue weighted by Crippen LogP contribution is -2.66. The summed E-state index contributed by atoms with van der Waals surface area (Å²) < 4.78 is 33.3. The highest BCUT2D eigenvalue weighted by molar-refractivity contribution is 5.98. The first-order valence-corrected chi connectivity index (χ1v) is 5.94. The van der Waals surface area contributed by atoms with Crippen molar-refractivity contribution >= 4 is 11.8 Å². The third-order valence-electron chi connectivity index (χ3n) is 2.88. The largest absolute Gasteiger partial charge is 0.464 e. The number of ether oxygens (including phenoxy) is 1. The van der Waals surface area contributed by atoms with Crippen molar-refractivity contribution in [3.8, 4) is 0 Å². The highest BCUT2D eigenvalue weighted by atomic mass is 19.3. The number of nitrogens with one attached hydrogen (secondary N) is 1. The third kappa shape index (κ3) is 2.83. The van der Waals surface area contributed by atoms with Crippen LogP contribution in [0.2, 0.25) is 0 Å². The van der Waals surface area contributed by atoms with Gasteiger partial charge in [-0.15, -0.1) is 6.58 Å². The molecule has 19 heavy (non-hydrogen) atoms. The van der Waals surface area contributed by atoms with E-state index < -0.39 is 36.1 Å². The van der Waals surface area contributed by atoms with Crippen LogP contribution >= 0.6 is 0 Å². The second kappa shape index (κ2) is 5.50. The van der Waals surface area contributed by atoms with Gasteiger partial charge < -0.3 is 10.1 Å². The molecule has 1 aliphatic rings. The molecule has 0 aromatic carbocycles. The standard InChI is InChI=1S/C13H17F2NO3/c1-4-6-13(14,15)12(11(18)19-5-2)8-10(17)7-9(3)16-12/h4,7,16H,1,5-6,8H2,2-3H3. The summed E-state index contributed by atoms with van der Waals surface area (Å²) in [5, 5.41) is 2.44. The van der Waals surface area contributed by atoms with Crippen molar-refractivity contribution in [2.45, 2.75) is 38.2 Å². The molecule has 6 heteroatoms. The molecule has 0 bridgehead atoms. The Hall–Kier alpha value is -1.72. The Morgan fingerprint density at radius 3 is 2.79 bits per heavy atom. The molecule has 0 saturated carbocycles. The molecule has 4 nitrogen and oxygen atoms in total. The van der Waals surface area contributed by atoms with Gasteiger partial charge in [-0.05, 0) is 19.9 Å². The van der Waals surface area contributed by atoms with Crippen LogP contribution in [0.5, 0.6) is 0 Å². The first kappa shape index (κ1) is 15.3. The van der Waals surface area contributed by atoms with Crippen LogP contribution in [0.3, 0.4) is 0 Å². The smallest absolute Gasteiger partial charge is 0.338 e. The molecule has 1 rings (SSSR count). The Labute approximate surface area is 110 Å². The van der Waals surface area contributed by atoms with Crippen LogP contribution in [0, 0.1) is 0 Å². The fraction of sp³-hybridized carbons (Fsp3) is 0.538. The minimum atomic E-state index is -3.47. The van der Waals surface area contributed by atoms with Gasteiger partial charge >= 0.3 is 5.97 Å². The van der Waals surface area contributed by atoms with Gasteiger partial charge in [0.05, 0.1) is 13.0 Å². The predicted octanol–water partition coefficient (Wildman–Crippen LogP) is 1.97. The number of hydrogen-bond acceptors (Lipinski definition) is 4. The quantitative estimate of drug-likeness (QED) is 0.614. The van der Waals surface area contributed by atoms with Crippen LogP contribution in [-0.4, -0.2) is 29.8 Å². The lowest BCUT2D eigenvalue weighted by atomic mass is 9.81. The molecule has 0 aliphatic carbocycles. The molecule has 0 saturated heterocycles. The summed E-state index contributed by atoms with van der Waals surface area (Å²) in [6, 6.07) is 0. The van der Waals surface area contributed by atoms with Gasteiger partial charge in [0, 0.05) is 12.1 Å². The Bertz CT molecular complexity index is 432. The van der Waals surface area contributed by atoms with E-state index in [0.717, 1.165) is 6.08 Å². The number of allylic oxidation sites excluding steroid dienone is 3. The lowest BCUT2D eigenvalue weighted by Gasteiger charge is -2.40. The van der Waals surface area contributed by atoms with E-state index in [4.69, 9.17) is 4.74 Å². The molecule has 0 amide bonds. The van der Waals surface area contributed by atoms with E-state index in [-0.39, 0.29) is 12.3 Å². The van der Waals surface area contributed by atoms with Gasteiger partial charge in [0.15, 0.2) is 5.78 Å². The molecular formula is C13H17F2NO3. The van der Waals surface area contributed by atoms with Gasteiger partial charge in [-0.1, -0.05) is 6.08 Å². The van der Waals surface area contributed by atoms with E-state index >= 15 is 0 Å². The summed E-state index contributed by atoms with van der Waals surface area (Å²) in [7, 11) is 0. The number of carbonyl (C=O) groups excluding carboxylic acids is 2. The van der Waals surface area contributed by atoms with E-state index in [1.165, 1.54) is 19.9 Å². The Balaban J connectivity index is 3.26. The zero-order chi connectivity index (χ0) is 14.7. The van der Waals surface area contributed by atoms with Crippen molar-refractivity contribution in [2.24, 2.45) is 0 Å². The molecule has 1 aliphatic heterocycles. The molecule has 1 unspecified atom stereocenters. The molecule has 0 fully saturated rings. The van der Waals surface area contributed by atoms with Crippen molar-refractivity contribution in [3.63, 3.8) is 0 Å². The normalized spacial score (nSPS) is 23.4. The van der Waals surface area contributed by atoms with Crippen LogP contribution in [0.4, 0.5) is 8.78 Å². The highest BCUT2D eigenvalue weighted by Gasteiger charge is 2.61. The van der Waals surface area contributed by atoms with Crippen molar-refractivity contribution in [3.05, 3.63) is 24.4 Å².